The lowest BCUT2D eigenvalue weighted by molar-refractivity contribution is 0.491. The lowest BCUT2D eigenvalue weighted by atomic mass is 10.1. The van der Waals surface area contributed by atoms with Gasteiger partial charge in [-0.1, -0.05) is 29.8 Å². The maximum absolute atomic E-state index is 4.47. The topological polar surface area (TPSA) is 29.9 Å². The first kappa shape index (κ1) is 10.5. The number of benzene rings is 1. The summed E-state index contributed by atoms with van der Waals surface area (Å²) in [6.45, 7) is 4.25. The third-order valence-corrected chi connectivity index (χ3v) is 3.39. The maximum Gasteiger partial charge on any atom is 0.0655 e. The molecule has 1 atom stereocenters. The summed E-state index contributed by atoms with van der Waals surface area (Å²) >= 11 is 0. The Kier molecular flexibility index (Phi) is 2.69. The van der Waals surface area contributed by atoms with Gasteiger partial charge in [0.1, 0.15) is 0 Å². The van der Waals surface area contributed by atoms with Crippen molar-refractivity contribution < 1.29 is 0 Å². The Labute approximate surface area is 101 Å². The van der Waals surface area contributed by atoms with Crippen molar-refractivity contribution in [2.24, 2.45) is 0 Å². The van der Waals surface area contributed by atoms with Crippen molar-refractivity contribution in [3.05, 3.63) is 42.2 Å². The molecule has 1 saturated heterocycles. The van der Waals surface area contributed by atoms with E-state index in [0.29, 0.717) is 6.04 Å². The molecular weight excluding hydrogens is 210 g/mol. The second-order valence-corrected chi connectivity index (χ2v) is 4.72. The second kappa shape index (κ2) is 4.34. The van der Waals surface area contributed by atoms with E-state index in [1.165, 1.54) is 23.1 Å². The Bertz CT molecular complexity index is 492. The highest BCUT2D eigenvalue weighted by Crippen LogP contribution is 2.22. The molecule has 3 rings (SSSR count). The van der Waals surface area contributed by atoms with Crippen molar-refractivity contribution >= 4 is 0 Å². The number of aryl methyl sites for hydroxylation is 1. The third-order valence-electron chi connectivity index (χ3n) is 3.39. The average molecular weight is 227 g/mol. The van der Waals surface area contributed by atoms with Gasteiger partial charge in [-0.3, -0.25) is 4.68 Å². The van der Waals surface area contributed by atoms with Crippen LogP contribution in [0.15, 0.2) is 36.7 Å². The summed E-state index contributed by atoms with van der Waals surface area (Å²) in [5, 5.41) is 7.84. The van der Waals surface area contributed by atoms with Gasteiger partial charge in [0.15, 0.2) is 0 Å². The van der Waals surface area contributed by atoms with Gasteiger partial charge in [0, 0.05) is 18.3 Å². The molecule has 1 fully saturated rings. The van der Waals surface area contributed by atoms with Crippen LogP contribution in [0.2, 0.25) is 0 Å². The maximum atomic E-state index is 4.47. The lowest BCUT2D eigenvalue weighted by Crippen LogP contribution is -2.13. The largest absolute Gasteiger partial charge is 0.315 e. The minimum absolute atomic E-state index is 0.522. The van der Waals surface area contributed by atoms with Crippen molar-refractivity contribution in [2.45, 2.75) is 19.4 Å². The van der Waals surface area contributed by atoms with Crippen molar-refractivity contribution in [3.8, 4) is 11.1 Å². The molecule has 1 aliphatic rings. The first-order valence-electron chi connectivity index (χ1n) is 6.15. The van der Waals surface area contributed by atoms with Crippen LogP contribution in [-0.2, 0) is 0 Å². The Balaban J connectivity index is 1.86. The monoisotopic (exact) mass is 227 g/mol. The molecule has 1 N–H and O–H groups in total. The molecule has 3 heteroatoms. The van der Waals surface area contributed by atoms with E-state index in [0.717, 1.165) is 13.1 Å². The standard InChI is InChI=1S/C14H17N3/c1-11-2-4-12(5-3-11)13-8-16-17(10-13)14-6-7-15-9-14/h2-5,8,10,14-15H,6-7,9H2,1H3. The Morgan fingerprint density at radius 3 is 2.76 bits per heavy atom. The average Bonchev–Trinajstić information content (AvgIpc) is 3.00. The van der Waals surface area contributed by atoms with E-state index < -0.39 is 0 Å². The molecule has 88 valence electrons. The van der Waals surface area contributed by atoms with E-state index in [9.17, 15) is 0 Å². The molecule has 0 spiro atoms. The molecule has 0 bridgehead atoms. The normalized spacial score (nSPS) is 19.7. The summed E-state index contributed by atoms with van der Waals surface area (Å²) in [7, 11) is 0. The van der Waals surface area contributed by atoms with Crippen molar-refractivity contribution in [1.82, 2.24) is 15.1 Å². The molecule has 3 nitrogen and oxygen atoms in total. The molecule has 0 amide bonds. The summed E-state index contributed by atoms with van der Waals surface area (Å²) in [5.41, 5.74) is 3.74. The van der Waals surface area contributed by atoms with Crippen molar-refractivity contribution in [3.63, 3.8) is 0 Å². The number of aromatic nitrogens is 2. The summed E-state index contributed by atoms with van der Waals surface area (Å²) in [4.78, 5) is 0. The number of nitrogens with zero attached hydrogens (tertiary/aromatic N) is 2. The van der Waals surface area contributed by atoms with Crippen LogP contribution in [0, 0.1) is 6.92 Å². The molecule has 0 aliphatic carbocycles. The molecule has 1 unspecified atom stereocenters. The molecule has 0 radical (unpaired) electrons. The minimum Gasteiger partial charge on any atom is -0.315 e. The van der Waals surface area contributed by atoms with Crippen LogP contribution >= 0.6 is 0 Å². The first-order chi connectivity index (χ1) is 8.33. The van der Waals surface area contributed by atoms with Crippen molar-refractivity contribution in [1.29, 1.82) is 0 Å². The fraction of sp³-hybridized carbons (Fsp3) is 0.357. The fourth-order valence-electron chi connectivity index (χ4n) is 2.30. The first-order valence-corrected chi connectivity index (χ1v) is 6.15. The van der Waals surface area contributed by atoms with E-state index >= 15 is 0 Å². The van der Waals surface area contributed by atoms with Gasteiger partial charge in [-0.15, -0.1) is 0 Å². The van der Waals surface area contributed by atoms with E-state index in [-0.39, 0.29) is 0 Å². The highest BCUT2D eigenvalue weighted by atomic mass is 15.3. The highest BCUT2D eigenvalue weighted by molar-refractivity contribution is 5.61. The minimum atomic E-state index is 0.522. The number of nitrogens with one attached hydrogen (secondary N) is 1. The fourth-order valence-corrected chi connectivity index (χ4v) is 2.30. The Morgan fingerprint density at radius 2 is 2.06 bits per heavy atom. The van der Waals surface area contributed by atoms with Gasteiger partial charge in [0.2, 0.25) is 0 Å². The summed E-state index contributed by atoms with van der Waals surface area (Å²) < 4.78 is 2.09. The summed E-state index contributed by atoms with van der Waals surface area (Å²) in [6.07, 6.45) is 5.29. The van der Waals surface area contributed by atoms with Crippen molar-refractivity contribution in [2.75, 3.05) is 13.1 Å². The Hall–Kier alpha value is -1.61. The summed E-state index contributed by atoms with van der Waals surface area (Å²) in [6, 6.07) is 9.12. The highest BCUT2D eigenvalue weighted by Gasteiger charge is 2.17. The predicted octanol–water partition coefficient (Wildman–Crippen LogP) is 2.39. The quantitative estimate of drug-likeness (QED) is 0.853. The van der Waals surface area contributed by atoms with Gasteiger partial charge in [0.05, 0.1) is 12.2 Å². The van der Waals surface area contributed by atoms with Gasteiger partial charge in [-0.2, -0.15) is 5.10 Å². The molecule has 17 heavy (non-hydrogen) atoms. The molecule has 1 aliphatic heterocycles. The zero-order valence-electron chi connectivity index (χ0n) is 10.1. The molecule has 1 aromatic carbocycles. The molecule has 1 aromatic heterocycles. The number of hydrogen-bond donors (Lipinski definition) is 1. The van der Waals surface area contributed by atoms with Gasteiger partial charge in [0.25, 0.3) is 0 Å². The van der Waals surface area contributed by atoms with Crippen LogP contribution in [-0.4, -0.2) is 22.9 Å². The predicted molar refractivity (Wildman–Crippen MR) is 68.9 cm³/mol. The van der Waals surface area contributed by atoms with E-state index in [1.54, 1.807) is 0 Å². The van der Waals surface area contributed by atoms with E-state index in [4.69, 9.17) is 0 Å². The van der Waals surface area contributed by atoms with Crippen LogP contribution in [0.5, 0.6) is 0 Å². The second-order valence-electron chi connectivity index (χ2n) is 4.72. The van der Waals surface area contributed by atoms with E-state index in [2.05, 4.69) is 52.5 Å². The lowest BCUT2D eigenvalue weighted by Gasteiger charge is -2.07. The Morgan fingerprint density at radius 1 is 1.24 bits per heavy atom. The summed E-state index contributed by atoms with van der Waals surface area (Å²) in [5.74, 6) is 0. The van der Waals surface area contributed by atoms with Crippen LogP contribution in [0.25, 0.3) is 11.1 Å². The van der Waals surface area contributed by atoms with Gasteiger partial charge < -0.3 is 5.32 Å². The molecule has 2 heterocycles. The van der Waals surface area contributed by atoms with Gasteiger partial charge >= 0.3 is 0 Å². The van der Waals surface area contributed by atoms with Crippen LogP contribution in [0.1, 0.15) is 18.0 Å². The molecular formula is C14H17N3. The number of hydrogen-bond acceptors (Lipinski definition) is 2. The zero-order chi connectivity index (χ0) is 11.7. The third kappa shape index (κ3) is 2.11. The zero-order valence-corrected chi connectivity index (χ0v) is 10.1. The smallest absolute Gasteiger partial charge is 0.0655 e. The SMILES string of the molecule is Cc1ccc(-c2cnn(C3CCNC3)c2)cc1. The van der Waals surface area contributed by atoms with Crippen LogP contribution in [0.3, 0.4) is 0 Å². The van der Waals surface area contributed by atoms with Gasteiger partial charge in [-0.05, 0) is 25.5 Å². The van der Waals surface area contributed by atoms with Crippen LogP contribution < -0.4 is 5.32 Å². The molecule has 0 saturated carbocycles. The van der Waals surface area contributed by atoms with Gasteiger partial charge in [-0.25, -0.2) is 0 Å². The molecule has 2 aromatic rings. The van der Waals surface area contributed by atoms with Crippen LogP contribution in [0.4, 0.5) is 0 Å². The number of rotatable bonds is 2. The van der Waals surface area contributed by atoms with E-state index in [1.807, 2.05) is 6.20 Å².